The minimum Gasteiger partial charge on any atom is -0.496 e. The molecule has 1 amide bonds. The van der Waals surface area contributed by atoms with Gasteiger partial charge in [-0.1, -0.05) is 42.5 Å². The van der Waals surface area contributed by atoms with Crippen LogP contribution >= 0.6 is 0 Å². The van der Waals surface area contributed by atoms with Crippen LogP contribution in [-0.2, 0) is 11.3 Å². The zero-order chi connectivity index (χ0) is 21.8. The third kappa shape index (κ3) is 4.15. The molecule has 1 saturated heterocycles. The second-order valence-electron chi connectivity index (χ2n) is 7.54. The molecule has 160 valence electrons. The first-order valence-electron chi connectivity index (χ1n) is 10.0. The van der Waals surface area contributed by atoms with Gasteiger partial charge < -0.3 is 20.5 Å². The summed E-state index contributed by atoms with van der Waals surface area (Å²) in [4.78, 5) is 25.2. The second kappa shape index (κ2) is 8.61. The molecule has 0 saturated carbocycles. The van der Waals surface area contributed by atoms with Gasteiger partial charge in [-0.15, -0.1) is 0 Å². The first-order valence-corrected chi connectivity index (χ1v) is 10.0. The smallest absolute Gasteiger partial charge is 0.330 e. The largest absolute Gasteiger partial charge is 0.496 e. The average molecular weight is 420 g/mol. The number of carboxylic acid groups (broad SMARTS) is 1. The highest BCUT2D eigenvalue weighted by molar-refractivity contribution is 6.03. The molecule has 1 aliphatic heterocycles. The van der Waals surface area contributed by atoms with E-state index >= 15 is 0 Å². The summed E-state index contributed by atoms with van der Waals surface area (Å²) in [5.74, 6) is -0.954. The van der Waals surface area contributed by atoms with Gasteiger partial charge in [0.2, 0.25) is 0 Å². The van der Waals surface area contributed by atoms with E-state index < -0.39 is 17.4 Å². The number of nitrogens with one attached hydrogen (secondary N) is 2. The molecule has 0 spiro atoms. The molecule has 2 heterocycles. The molecule has 3 aromatic rings. The number of nitrogens with zero attached hydrogens (tertiary/aromatic N) is 2. The first-order chi connectivity index (χ1) is 15.0. The van der Waals surface area contributed by atoms with Gasteiger partial charge in [0.25, 0.3) is 5.91 Å². The summed E-state index contributed by atoms with van der Waals surface area (Å²) in [6.07, 6.45) is 1.97. The molecule has 3 N–H and O–H groups in total. The number of aliphatic carboxylic acids is 1. The lowest BCUT2D eigenvalue weighted by Crippen LogP contribution is -2.56. The highest BCUT2D eigenvalue weighted by Gasteiger charge is 2.43. The Morgan fingerprint density at radius 1 is 1.19 bits per heavy atom. The fourth-order valence-corrected chi connectivity index (χ4v) is 3.80. The van der Waals surface area contributed by atoms with Crippen molar-refractivity contribution in [1.29, 1.82) is 0 Å². The molecule has 0 bridgehead atoms. The molecular weight excluding hydrogens is 396 g/mol. The number of ether oxygens (including phenoxy) is 1. The zero-order valence-corrected chi connectivity index (χ0v) is 17.2. The van der Waals surface area contributed by atoms with Gasteiger partial charge in [0.05, 0.1) is 19.2 Å². The zero-order valence-electron chi connectivity index (χ0n) is 17.2. The van der Waals surface area contributed by atoms with E-state index in [9.17, 15) is 14.7 Å². The lowest BCUT2D eigenvalue weighted by molar-refractivity contribution is -0.143. The van der Waals surface area contributed by atoms with Crippen LogP contribution in [0.2, 0.25) is 0 Å². The Labute approximate surface area is 179 Å². The number of rotatable bonds is 7. The topological polar surface area (TPSA) is 105 Å². The normalized spacial score (nSPS) is 18.0. The van der Waals surface area contributed by atoms with Crippen molar-refractivity contribution in [2.24, 2.45) is 0 Å². The van der Waals surface area contributed by atoms with Crippen molar-refractivity contribution in [1.82, 2.24) is 20.4 Å². The number of aromatic nitrogens is 2. The Balaban J connectivity index is 1.74. The molecule has 1 aromatic heterocycles. The Morgan fingerprint density at radius 3 is 2.61 bits per heavy atom. The van der Waals surface area contributed by atoms with E-state index in [-0.39, 0.29) is 6.54 Å². The maximum atomic E-state index is 13.3. The van der Waals surface area contributed by atoms with Gasteiger partial charge in [-0.2, -0.15) is 5.10 Å². The van der Waals surface area contributed by atoms with Crippen molar-refractivity contribution in [2.45, 2.75) is 18.5 Å². The number of amides is 1. The predicted molar refractivity (Wildman–Crippen MR) is 115 cm³/mol. The number of hydrogen-bond acceptors (Lipinski definition) is 5. The standard InChI is InChI=1S/C23H24N4O4/c1-31-19-10-6-5-9-17(19)20-18(14-27(26-20)13-16-7-3-2-4-8-16)21(28)25-23(22(29)30)11-12-24-15-23/h2-10,14,24H,11-13,15H2,1H3,(H,25,28)(H,29,30). The molecule has 1 atom stereocenters. The fourth-order valence-electron chi connectivity index (χ4n) is 3.80. The third-order valence-electron chi connectivity index (χ3n) is 5.47. The van der Waals surface area contributed by atoms with Crippen molar-refractivity contribution in [3.8, 4) is 17.0 Å². The van der Waals surface area contributed by atoms with Crippen LogP contribution < -0.4 is 15.4 Å². The molecule has 4 rings (SSSR count). The van der Waals surface area contributed by atoms with Crippen LogP contribution in [0.5, 0.6) is 5.75 Å². The van der Waals surface area contributed by atoms with Crippen molar-refractivity contribution in [3.63, 3.8) is 0 Å². The number of carboxylic acids is 1. The van der Waals surface area contributed by atoms with Crippen LogP contribution in [-0.4, -0.2) is 52.5 Å². The van der Waals surface area contributed by atoms with Crippen LogP contribution in [0.25, 0.3) is 11.3 Å². The first kappa shape index (κ1) is 20.6. The van der Waals surface area contributed by atoms with Gasteiger partial charge in [0.1, 0.15) is 11.4 Å². The average Bonchev–Trinajstić information content (AvgIpc) is 3.42. The van der Waals surface area contributed by atoms with E-state index in [4.69, 9.17) is 4.74 Å². The van der Waals surface area contributed by atoms with E-state index in [1.807, 2.05) is 48.5 Å². The van der Waals surface area contributed by atoms with Crippen LogP contribution in [0.1, 0.15) is 22.3 Å². The Hall–Kier alpha value is -3.65. The summed E-state index contributed by atoms with van der Waals surface area (Å²) in [6.45, 7) is 1.18. The van der Waals surface area contributed by atoms with Gasteiger partial charge in [-0.3, -0.25) is 9.48 Å². The van der Waals surface area contributed by atoms with Gasteiger partial charge in [-0.05, 0) is 30.7 Å². The van der Waals surface area contributed by atoms with Gasteiger partial charge in [-0.25, -0.2) is 4.79 Å². The van der Waals surface area contributed by atoms with Crippen LogP contribution in [0.4, 0.5) is 0 Å². The summed E-state index contributed by atoms with van der Waals surface area (Å²) in [5, 5.41) is 20.1. The summed E-state index contributed by atoms with van der Waals surface area (Å²) in [6, 6.07) is 17.1. The SMILES string of the molecule is COc1ccccc1-c1nn(Cc2ccccc2)cc1C(=O)NC1(C(=O)O)CCNC1. The number of carbonyl (C=O) groups is 2. The maximum absolute atomic E-state index is 13.3. The molecule has 0 radical (unpaired) electrons. The predicted octanol–water partition coefficient (Wildman–Crippen LogP) is 2.15. The van der Waals surface area contributed by atoms with Gasteiger partial charge >= 0.3 is 5.97 Å². The van der Waals surface area contributed by atoms with Crippen molar-refractivity contribution >= 4 is 11.9 Å². The summed E-state index contributed by atoms with van der Waals surface area (Å²) >= 11 is 0. The van der Waals surface area contributed by atoms with Gasteiger partial charge in [0, 0.05) is 18.3 Å². The van der Waals surface area contributed by atoms with Crippen molar-refractivity contribution in [2.75, 3.05) is 20.2 Å². The lowest BCUT2D eigenvalue weighted by Gasteiger charge is -2.24. The second-order valence-corrected chi connectivity index (χ2v) is 7.54. The minimum atomic E-state index is -1.34. The van der Waals surface area contributed by atoms with Crippen LogP contribution in [0.3, 0.4) is 0 Å². The summed E-state index contributed by atoms with van der Waals surface area (Å²) < 4.78 is 7.16. The molecular formula is C23H24N4O4. The van der Waals surface area contributed by atoms with Crippen LogP contribution in [0.15, 0.2) is 60.8 Å². The summed E-state index contributed by atoms with van der Waals surface area (Å²) in [7, 11) is 1.56. The molecule has 1 aliphatic rings. The molecule has 8 nitrogen and oxygen atoms in total. The van der Waals surface area contributed by atoms with E-state index in [1.54, 1.807) is 24.1 Å². The number of hydrogen-bond donors (Lipinski definition) is 3. The van der Waals surface area contributed by atoms with E-state index in [0.29, 0.717) is 42.1 Å². The molecule has 1 unspecified atom stereocenters. The van der Waals surface area contributed by atoms with E-state index in [2.05, 4.69) is 15.7 Å². The van der Waals surface area contributed by atoms with E-state index in [1.165, 1.54) is 0 Å². The highest BCUT2D eigenvalue weighted by Crippen LogP contribution is 2.31. The number of methoxy groups -OCH3 is 1. The fraction of sp³-hybridized carbons (Fsp3) is 0.261. The monoisotopic (exact) mass is 420 g/mol. The third-order valence-corrected chi connectivity index (χ3v) is 5.47. The number of para-hydroxylation sites is 1. The molecule has 31 heavy (non-hydrogen) atoms. The molecule has 0 aliphatic carbocycles. The van der Waals surface area contributed by atoms with Crippen molar-refractivity contribution in [3.05, 3.63) is 71.9 Å². The quantitative estimate of drug-likeness (QED) is 0.541. The van der Waals surface area contributed by atoms with Crippen LogP contribution in [0, 0.1) is 0 Å². The Morgan fingerprint density at radius 2 is 1.94 bits per heavy atom. The van der Waals surface area contributed by atoms with Gasteiger partial charge in [0.15, 0.2) is 5.54 Å². The van der Waals surface area contributed by atoms with E-state index in [0.717, 1.165) is 5.56 Å². The molecule has 8 heteroatoms. The van der Waals surface area contributed by atoms with Crippen molar-refractivity contribution < 1.29 is 19.4 Å². The Bertz CT molecular complexity index is 1090. The molecule has 1 fully saturated rings. The molecule has 2 aromatic carbocycles. The lowest BCUT2D eigenvalue weighted by atomic mass is 9.97. The Kier molecular flexibility index (Phi) is 5.73. The summed E-state index contributed by atoms with van der Waals surface area (Å²) in [5.41, 5.74) is 1.10. The number of benzene rings is 2. The minimum absolute atomic E-state index is 0.177. The maximum Gasteiger partial charge on any atom is 0.330 e. The highest BCUT2D eigenvalue weighted by atomic mass is 16.5. The number of carbonyl (C=O) groups excluding carboxylic acids is 1.